The zero-order chi connectivity index (χ0) is 15.4. The van der Waals surface area contributed by atoms with Gasteiger partial charge in [0.05, 0.1) is 18.8 Å². The van der Waals surface area contributed by atoms with Crippen LogP contribution in [0.25, 0.3) is 0 Å². The predicted octanol–water partition coefficient (Wildman–Crippen LogP) is 1.33. The summed E-state index contributed by atoms with van der Waals surface area (Å²) in [6, 6.07) is 4.52. The average molecular weight is 313 g/mol. The van der Waals surface area contributed by atoms with Crippen molar-refractivity contribution in [2.75, 3.05) is 32.0 Å². The van der Waals surface area contributed by atoms with Gasteiger partial charge in [0.25, 0.3) is 5.91 Å². The fourth-order valence-electron chi connectivity index (χ4n) is 2.02. The van der Waals surface area contributed by atoms with Crippen LogP contribution in [0.3, 0.4) is 0 Å². The third kappa shape index (κ3) is 3.86. The molecule has 0 bridgehead atoms. The van der Waals surface area contributed by atoms with Crippen LogP contribution in [0.5, 0.6) is 0 Å². The molecule has 1 aromatic carbocycles. The molecule has 7 heteroatoms. The van der Waals surface area contributed by atoms with Crippen LogP contribution in [0.2, 0.25) is 5.02 Å². The Bertz CT molecular complexity index is 544. The molecule has 1 atom stereocenters. The predicted molar refractivity (Wildman–Crippen MR) is 78.1 cm³/mol. The van der Waals surface area contributed by atoms with E-state index < -0.39 is 12.1 Å². The number of carbonyl (C=O) groups is 2. The third-order valence-electron chi connectivity index (χ3n) is 3.19. The van der Waals surface area contributed by atoms with Crippen LogP contribution in [0.4, 0.5) is 5.69 Å². The van der Waals surface area contributed by atoms with E-state index in [1.54, 1.807) is 11.0 Å². The Hall–Kier alpha value is -1.79. The second-order valence-corrected chi connectivity index (χ2v) is 5.15. The molecule has 0 aliphatic carbocycles. The van der Waals surface area contributed by atoms with Gasteiger partial charge in [-0.05, 0) is 25.1 Å². The number of amides is 1. The van der Waals surface area contributed by atoms with Crippen LogP contribution in [-0.4, -0.2) is 49.2 Å². The van der Waals surface area contributed by atoms with Crippen LogP contribution < -0.4 is 5.73 Å². The molecule has 6 nitrogen and oxygen atoms in total. The molecule has 0 saturated carbocycles. The molecule has 1 unspecified atom stereocenters. The van der Waals surface area contributed by atoms with E-state index in [2.05, 4.69) is 0 Å². The van der Waals surface area contributed by atoms with Crippen molar-refractivity contribution in [1.82, 2.24) is 4.90 Å². The zero-order valence-electron chi connectivity index (χ0n) is 11.7. The fourth-order valence-corrected chi connectivity index (χ4v) is 2.19. The number of carbonyl (C=O) groups excluding carboxylic acids is 2. The highest BCUT2D eigenvalue weighted by Gasteiger charge is 2.26. The lowest BCUT2D eigenvalue weighted by Crippen LogP contribution is -2.46. The monoisotopic (exact) mass is 312 g/mol. The molecule has 1 aromatic rings. The summed E-state index contributed by atoms with van der Waals surface area (Å²) in [4.78, 5) is 25.8. The van der Waals surface area contributed by atoms with E-state index in [4.69, 9.17) is 26.8 Å². The first-order valence-corrected chi connectivity index (χ1v) is 6.99. The van der Waals surface area contributed by atoms with Gasteiger partial charge in [0.15, 0.2) is 6.10 Å². The molecule has 0 radical (unpaired) electrons. The van der Waals surface area contributed by atoms with Crippen molar-refractivity contribution >= 4 is 29.2 Å². The zero-order valence-corrected chi connectivity index (χ0v) is 12.4. The van der Waals surface area contributed by atoms with E-state index in [1.807, 2.05) is 0 Å². The van der Waals surface area contributed by atoms with Gasteiger partial charge >= 0.3 is 5.97 Å². The molecule has 1 fully saturated rings. The molecular weight excluding hydrogens is 296 g/mol. The Balaban J connectivity index is 2.01. The summed E-state index contributed by atoms with van der Waals surface area (Å²) in [5, 5.41) is 0.378. The maximum absolute atomic E-state index is 12.2. The summed E-state index contributed by atoms with van der Waals surface area (Å²) in [5.41, 5.74) is 6.13. The fraction of sp³-hybridized carbons (Fsp3) is 0.429. The Kier molecular flexibility index (Phi) is 5.03. The van der Waals surface area contributed by atoms with Crippen molar-refractivity contribution < 1.29 is 19.1 Å². The van der Waals surface area contributed by atoms with Crippen LogP contribution >= 0.6 is 11.6 Å². The Morgan fingerprint density at radius 1 is 1.38 bits per heavy atom. The number of benzene rings is 1. The molecule has 1 aliphatic rings. The Morgan fingerprint density at radius 3 is 2.71 bits per heavy atom. The lowest BCUT2D eigenvalue weighted by molar-refractivity contribution is -0.143. The maximum atomic E-state index is 12.2. The van der Waals surface area contributed by atoms with Crippen molar-refractivity contribution in [3.8, 4) is 0 Å². The summed E-state index contributed by atoms with van der Waals surface area (Å²) < 4.78 is 10.4. The highest BCUT2D eigenvalue weighted by Crippen LogP contribution is 2.19. The molecule has 1 saturated heterocycles. The lowest BCUT2D eigenvalue weighted by atomic mass is 10.2. The minimum absolute atomic E-state index is 0.157. The molecule has 1 amide bonds. The lowest BCUT2D eigenvalue weighted by Gasteiger charge is -2.29. The highest BCUT2D eigenvalue weighted by molar-refractivity contribution is 6.31. The number of hydrogen-bond donors (Lipinski definition) is 1. The minimum Gasteiger partial charge on any atom is -0.449 e. The number of rotatable bonds is 3. The molecule has 0 aromatic heterocycles. The molecule has 114 valence electrons. The van der Waals surface area contributed by atoms with Gasteiger partial charge in [-0.25, -0.2) is 4.79 Å². The SMILES string of the molecule is CC(OC(=O)c1cc(Cl)ccc1N)C(=O)N1CCOCC1. The van der Waals surface area contributed by atoms with Crippen molar-refractivity contribution in [1.29, 1.82) is 0 Å². The van der Waals surface area contributed by atoms with Crippen LogP contribution in [-0.2, 0) is 14.3 Å². The van der Waals surface area contributed by atoms with Gasteiger partial charge in [0.1, 0.15) is 0 Å². The number of halogens is 1. The second kappa shape index (κ2) is 6.78. The van der Waals surface area contributed by atoms with E-state index >= 15 is 0 Å². The van der Waals surface area contributed by atoms with E-state index in [9.17, 15) is 9.59 Å². The smallest absolute Gasteiger partial charge is 0.341 e. The second-order valence-electron chi connectivity index (χ2n) is 4.72. The van der Waals surface area contributed by atoms with Gasteiger partial charge in [-0.15, -0.1) is 0 Å². The molecular formula is C14H17ClN2O4. The number of nitrogen functional groups attached to an aromatic ring is 1. The van der Waals surface area contributed by atoms with Gasteiger partial charge in [-0.1, -0.05) is 11.6 Å². The first-order chi connectivity index (χ1) is 9.99. The Morgan fingerprint density at radius 2 is 2.05 bits per heavy atom. The summed E-state index contributed by atoms with van der Waals surface area (Å²) in [6.07, 6.45) is -0.881. The van der Waals surface area contributed by atoms with Crippen LogP contribution in [0.15, 0.2) is 18.2 Å². The van der Waals surface area contributed by atoms with E-state index in [-0.39, 0.29) is 17.2 Å². The summed E-state index contributed by atoms with van der Waals surface area (Å²) >= 11 is 5.83. The molecule has 1 aliphatic heterocycles. The summed E-state index contributed by atoms with van der Waals surface area (Å²) in [6.45, 7) is 3.53. The van der Waals surface area contributed by atoms with Gasteiger partial charge < -0.3 is 20.1 Å². The maximum Gasteiger partial charge on any atom is 0.341 e. The molecule has 0 spiro atoms. The summed E-state index contributed by atoms with van der Waals surface area (Å²) in [7, 11) is 0. The third-order valence-corrected chi connectivity index (χ3v) is 3.42. The molecule has 2 rings (SSSR count). The largest absolute Gasteiger partial charge is 0.449 e. The van der Waals surface area contributed by atoms with E-state index in [0.717, 1.165) is 0 Å². The topological polar surface area (TPSA) is 81.9 Å². The number of hydrogen-bond acceptors (Lipinski definition) is 5. The van der Waals surface area contributed by atoms with Gasteiger partial charge in [0, 0.05) is 23.8 Å². The number of esters is 1. The van der Waals surface area contributed by atoms with Crippen molar-refractivity contribution in [2.45, 2.75) is 13.0 Å². The average Bonchev–Trinajstić information content (AvgIpc) is 2.49. The Labute approximate surface area is 127 Å². The van der Waals surface area contributed by atoms with Crippen LogP contribution in [0.1, 0.15) is 17.3 Å². The molecule has 1 heterocycles. The number of morpholine rings is 1. The van der Waals surface area contributed by atoms with E-state index in [1.165, 1.54) is 19.1 Å². The number of nitrogens with two attached hydrogens (primary N) is 1. The molecule has 2 N–H and O–H groups in total. The van der Waals surface area contributed by atoms with Gasteiger partial charge in [-0.2, -0.15) is 0 Å². The van der Waals surface area contributed by atoms with Crippen molar-refractivity contribution in [3.05, 3.63) is 28.8 Å². The normalized spacial score (nSPS) is 16.4. The van der Waals surface area contributed by atoms with E-state index in [0.29, 0.717) is 31.3 Å². The minimum atomic E-state index is -0.881. The van der Waals surface area contributed by atoms with Crippen molar-refractivity contribution in [2.24, 2.45) is 0 Å². The highest BCUT2D eigenvalue weighted by atomic mass is 35.5. The number of nitrogens with zero attached hydrogens (tertiary/aromatic N) is 1. The standard InChI is InChI=1S/C14H17ClN2O4/c1-9(13(18)17-4-6-20-7-5-17)21-14(19)11-8-10(15)2-3-12(11)16/h2-3,8-9H,4-7,16H2,1H3. The first kappa shape index (κ1) is 15.6. The number of anilines is 1. The molecule has 21 heavy (non-hydrogen) atoms. The van der Waals surface area contributed by atoms with Crippen molar-refractivity contribution in [3.63, 3.8) is 0 Å². The number of ether oxygens (including phenoxy) is 2. The first-order valence-electron chi connectivity index (χ1n) is 6.61. The summed E-state index contributed by atoms with van der Waals surface area (Å²) in [5.74, 6) is -0.906. The quantitative estimate of drug-likeness (QED) is 0.672. The van der Waals surface area contributed by atoms with Gasteiger partial charge in [0.2, 0.25) is 0 Å². The van der Waals surface area contributed by atoms with Gasteiger partial charge in [-0.3, -0.25) is 4.79 Å². The van der Waals surface area contributed by atoms with Crippen LogP contribution in [0, 0.1) is 0 Å².